The highest BCUT2D eigenvalue weighted by Crippen LogP contribution is 2.36. The van der Waals surface area contributed by atoms with Gasteiger partial charge in [-0.25, -0.2) is 14.8 Å². The standard InChI is InChI=1S/C25H26N6O4/c1-34-22-15-18-17-5-2-3-6-20(17)35-21(18)16-19(22)29-25(33)28-10-7-23(32)30-11-13-31(14-12-30)24-26-8-4-9-27-24/h2-6,8-9,15-16H,7,10-14H2,1H3,(H2,28,29,33). The Labute approximate surface area is 201 Å². The van der Waals surface area contributed by atoms with Crippen molar-refractivity contribution in [3.63, 3.8) is 0 Å². The minimum atomic E-state index is -0.419. The molecule has 2 N–H and O–H groups in total. The highest BCUT2D eigenvalue weighted by molar-refractivity contribution is 6.07. The lowest BCUT2D eigenvalue weighted by Gasteiger charge is -2.34. The van der Waals surface area contributed by atoms with Crippen molar-refractivity contribution in [2.45, 2.75) is 6.42 Å². The largest absolute Gasteiger partial charge is 0.495 e. The first-order valence-electron chi connectivity index (χ1n) is 11.5. The molecule has 0 atom stereocenters. The van der Waals surface area contributed by atoms with Gasteiger partial charge in [-0.05, 0) is 18.2 Å². The molecule has 3 amide bonds. The van der Waals surface area contributed by atoms with Crippen LogP contribution in [0.3, 0.4) is 0 Å². The lowest BCUT2D eigenvalue weighted by molar-refractivity contribution is -0.131. The average molecular weight is 475 g/mol. The zero-order valence-electron chi connectivity index (χ0n) is 19.4. The number of urea groups is 1. The summed E-state index contributed by atoms with van der Waals surface area (Å²) in [5, 5.41) is 7.43. The maximum Gasteiger partial charge on any atom is 0.319 e. The van der Waals surface area contributed by atoms with Crippen LogP contribution >= 0.6 is 0 Å². The predicted octanol–water partition coefficient (Wildman–Crippen LogP) is 3.25. The number of nitrogens with one attached hydrogen (secondary N) is 2. The summed E-state index contributed by atoms with van der Waals surface area (Å²) in [7, 11) is 1.55. The minimum absolute atomic E-state index is 0.000191. The predicted molar refractivity (Wildman–Crippen MR) is 133 cm³/mol. The number of amides is 3. The van der Waals surface area contributed by atoms with Gasteiger partial charge in [-0.3, -0.25) is 4.79 Å². The number of methoxy groups -OCH3 is 1. The first-order valence-corrected chi connectivity index (χ1v) is 11.5. The van der Waals surface area contributed by atoms with E-state index in [2.05, 4.69) is 25.5 Å². The van der Waals surface area contributed by atoms with Crippen molar-refractivity contribution < 1.29 is 18.7 Å². The molecule has 5 rings (SSSR count). The summed E-state index contributed by atoms with van der Waals surface area (Å²) in [6.45, 7) is 2.76. The average Bonchev–Trinajstić information content (AvgIpc) is 3.26. The second kappa shape index (κ2) is 9.88. The number of benzene rings is 2. The van der Waals surface area contributed by atoms with Gasteiger partial charge in [0.1, 0.15) is 16.9 Å². The van der Waals surface area contributed by atoms with Crippen LogP contribution < -0.4 is 20.3 Å². The third-order valence-electron chi connectivity index (χ3n) is 6.04. The van der Waals surface area contributed by atoms with Crippen molar-refractivity contribution in [3.8, 4) is 5.75 Å². The Kier molecular flexibility index (Phi) is 6.34. The van der Waals surface area contributed by atoms with Crippen LogP contribution in [0.25, 0.3) is 21.9 Å². The molecule has 1 saturated heterocycles. The number of carbonyl (C=O) groups excluding carboxylic acids is 2. The molecule has 1 aliphatic rings. The van der Waals surface area contributed by atoms with Gasteiger partial charge in [-0.1, -0.05) is 18.2 Å². The lowest BCUT2D eigenvalue weighted by Crippen LogP contribution is -2.49. The zero-order chi connectivity index (χ0) is 24.2. The number of piperazine rings is 1. The van der Waals surface area contributed by atoms with Gasteiger partial charge in [-0.15, -0.1) is 0 Å². The van der Waals surface area contributed by atoms with Crippen LogP contribution in [0.1, 0.15) is 6.42 Å². The van der Waals surface area contributed by atoms with Crippen molar-refractivity contribution >= 4 is 45.5 Å². The van der Waals surface area contributed by atoms with Gasteiger partial charge >= 0.3 is 6.03 Å². The number of rotatable bonds is 6. The van der Waals surface area contributed by atoms with E-state index < -0.39 is 6.03 Å². The number of hydrogen-bond acceptors (Lipinski definition) is 7. The zero-order valence-corrected chi connectivity index (χ0v) is 19.4. The second-order valence-electron chi connectivity index (χ2n) is 8.19. The number of aromatic nitrogens is 2. The molecule has 1 fully saturated rings. The van der Waals surface area contributed by atoms with Crippen molar-refractivity contribution in [2.24, 2.45) is 0 Å². The molecule has 0 spiro atoms. The quantitative estimate of drug-likeness (QED) is 0.441. The number of furan rings is 1. The van der Waals surface area contributed by atoms with E-state index in [1.807, 2.05) is 30.3 Å². The summed E-state index contributed by atoms with van der Waals surface area (Å²) in [6, 6.07) is 12.7. The molecule has 1 aliphatic heterocycles. The Bertz CT molecular complexity index is 1350. The van der Waals surface area contributed by atoms with E-state index >= 15 is 0 Å². The highest BCUT2D eigenvalue weighted by atomic mass is 16.5. The van der Waals surface area contributed by atoms with Crippen LogP contribution in [0, 0.1) is 0 Å². The molecule has 2 aromatic carbocycles. The molecule has 10 heteroatoms. The first kappa shape index (κ1) is 22.5. The molecule has 4 aromatic rings. The van der Waals surface area contributed by atoms with E-state index in [9.17, 15) is 9.59 Å². The molecule has 2 aromatic heterocycles. The number of para-hydroxylation sites is 1. The van der Waals surface area contributed by atoms with Gasteiger partial charge in [0.25, 0.3) is 0 Å². The third kappa shape index (κ3) is 4.81. The van der Waals surface area contributed by atoms with Crippen molar-refractivity contribution in [1.82, 2.24) is 20.2 Å². The van der Waals surface area contributed by atoms with E-state index in [-0.39, 0.29) is 18.9 Å². The van der Waals surface area contributed by atoms with Crippen molar-refractivity contribution in [1.29, 1.82) is 0 Å². The minimum Gasteiger partial charge on any atom is -0.495 e. The summed E-state index contributed by atoms with van der Waals surface area (Å²) in [5.41, 5.74) is 1.90. The number of ether oxygens (including phenoxy) is 1. The summed E-state index contributed by atoms with van der Waals surface area (Å²) in [5.74, 6) is 1.20. The first-order chi connectivity index (χ1) is 17.1. The van der Waals surface area contributed by atoms with Crippen LogP contribution in [-0.2, 0) is 4.79 Å². The number of carbonyl (C=O) groups is 2. The molecule has 35 heavy (non-hydrogen) atoms. The molecular weight excluding hydrogens is 448 g/mol. The maximum absolute atomic E-state index is 12.6. The molecule has 180 valence electrons. The Morgan fingerprint density at radius 2 is 1.77 bits per heavy atom. The monoisotopic (exact) mass is 474 g/mol. The Morgan fingerprint density at radius 3 is 2.54 bits per heavy atom. The van der Waals surface area contributed by atoms with Crippen LogP contribution in [0.4, 0.5) is 16.4 Å². The third-order valence-corrected chi connectivity index (χ3v) is 6.04. The van der Waals surface area contributed by atoms with E-state index in [0.29, 0.717) is 49.1 Å². The summed E-state index contributed by atoms with van der Waals surface area (Å²) in [4.78, 5) is 37.5. The molecule has 0 bridgehead atoms. The summed E-state index contributed by atoms with van der Waals surface area (Å²) >= 11 is 0. The second-order valence-corrected chi connectivity index (χ2v) is 8.19. The lowest BCUT2D eigenvalue weighted by atomic mass is 10.1. The number of hydrogen-bond donors (Lipinski definition) is 2. The van der Waals surface area contributed by atoms with E-state index in [1.165, 1.54) is 0 Å². The van der Waals surface area contributed by atoms with Gasteiger partial charge < -0.3 is 29.6 Å². The maximum atomic E-state index is 12.6. The molecule has 0 radical (unpaired) electrons. The molecule has 10 nitrogen and oxygen atoms in total. The Balaban J connectivity index is 1.13. The van der Waals surface area contributed by atoms with Crippen LogP contribution in [0.5, 0.6) is 5.75 Å². The van der Waals surface area contributed by atoms with Gasteiger partial charge in [0.15, 0.2) is 0 Å². The normalized spacial score (nSPS) is 13.7. The molecule has 0 saturated carbocycles. The fourth-order valence-corrected chi connectivity index (χ4v) is 4.24. The Morgan fingerprint density at radius 1 is 1.00 bits per heavy atom. The van der Waals surface area contributed by atoms with Gasteiger partial charge in [0.05, 0.1) is 12.8 Å². The number of anilines is 2. The van der Waals surface area contributed by atoms with E-state index in [4.69, 9.17) is 9.15 Å². The Hall–Kier alpha value is -4.34. The molecule has 3 heterocycles. The highest BCUT2D eigenvalue weighted by Gasteiger charge is 2.22. The van der Waals surface area contributed by atoms with Crippen molar-refractivity contribution in [2.75, 3.05) is 50.1 Å². The summed E-state index contributed by atoms with van der Waals surface area (Å²) in [6.07, 6.45) is 3.64. The van der Waals surface area contributed by atoms with Crippen LogP contribution in [-0.4, -0.2) is 66.6 Å². The molecule has 0 unspecified atom stereocenters. The number of nitrogens with zero attached hydrogens (tertiary/aromatic N) is 4. The molecular formula is C25H26N6O4. The SMILES string of the molecule is COc1cc2c(cc1NC(=O)NCCC(=O)N1CCN(c3ncccn3)CC1)oc1ccccc12. The van der Waals surface area contributed by atoms with Gasteiger partial charge in [0, 0.05) is 68.4 Å². The fourth-order valence-electron chi connectivity index (χ4n) is 4.24. The smallest absolute Gasteiger partial charge is 0.319 e. The fraction of sp³-hybridized carbons (Fsp3) is 0.280. The van der Waals surface area contributed by atoms with E-state index in [1.54, 1.807) is 36.5 Å². The molecule has 0 aliphatic carbocycles. The van der Waals surface area contributed by atoms with Crippen molar-refractivity contribution in [3.05, 3.63) is 54.9 Å². The van der Waals surface area contributed by atoms with E-state index in [0.717, 1.165) is 16.4 Å². The van der Waals surface area contributed by atoms with Gasteiger partial charge in [-0.2, -0.15) is 0 Å². The van der Waals surface area contributed by atoms with Gasteiger partial charge in [0.2, 0.25) is 11.9 Å². The summed E-state index contributed by atoms with van der Waals surface area (Å²) < 4.78 is 11.4. The van der Waals surface area contributed by atoms with Crippen LogP contribution in [0.15, 0.2) is 59.3 Å². The number of fused-ring (bicyclic) bond motifs is 3. The topological polar surface area (TPSA) is 113 Å². The van der Waals surface area contributed by atoms with Crippen LogP contribution in [0.2, 0.25) is 0 Å².